The fraction of sp³-hybridized carbons (Fsp3) is 0.227. The number of hydrogen-bond acceptors (Lipinski definition) is 5. The van der Waals surface area contributed by atoms with Crippen molar-refractivity contribution < 1.29 is 4.79 Å². The minimum absolute atomic E-state index is 0.0238. The second-order valence-corrected chi connectivity index (χ2v) is 9.39. The first-order chi connectivity index (χ1) is 13.5. The van der Waals surface area contributed by atoms with Gasteiger partial charge in [-0.1, -0.05) is 38.1 Å². The van der Waals surface area contributed by atoms with Gasteiger partial charge in [0, 0.05) is 22.0 Å². The smallest absolute Gasteiger partial charge is 0.226 e. The lowest BCUT2D eigenvalue weighted by molar-refractivity contribution is -0.118. The van der Waals surface area contributed by atoms with E-state index < -0.39 is 0 Å². The maximum absolute atomic E-state index is 11.8. The van der Waals surface area contributed by atoms with Crippen molar-refractivity contribution in [3.8, 4) is 11.3 Å². The molecule has 1 N–H and O–H groups in total. The number of benzene rings is 2. The van der Waals surface area contributed by atoms with Gasteiger partial charge in [0.15, 0.2) is 0 Å². The summed E-state index contributed by atoms with van der Waals surface area (Å²) in [6.07, 6.45) is 0.757. The van der Waals surface area contributed by atoms with Crippen LogP contribution in [0.15, 0.2) is 48.5 Å². The summed E-state index contributed by atoms with van der Waals surface area (Å²) in [5.41, 5.74) is 3.93. The second kappa shape index (κ2) is 7.81. The number of nitrogens with zero attached hydrogens (tertiary/aromatic N) is 2. The molecule has 4 aromatic rings. The summed E-state index contributed by atoms with van der Waals surface area (Å²) in [4.78, 5) is 22.6. The van der Waals surface area contributed by atoms with Gasteiger partial charge >= 0.3 is 0 Å². The summed E-state index contributed by atoms with van der Waals surface area (Å²) in [7, 11) is 0. The van der Waals surface area contributed by atoms with Gasteiger partial charge in [-0.25, -0.2) is 9.97 Å². The van der Waals surface area contributed by atoms with Crippen LogP contribution >= 0.6 is 22.7 Å². The summed E-state index contributed by atoms with van der Waals surface area (Å²) >= 11 is 3.45. The molecule has 1 amide bonds. The van der Waals surface area contributed by atoms with Gasteiger partial charge in [0.25, 0.3) is 0 Å². The van der Waals surface area contributed by atoms with E-state index in [9.17, 15) is 4.79 Å². The molecule has 0 unspecified atom stereocenters. The lowest BCUT2D eigenvalue weighted by Crippen LogP contribution is -2.17. The summed E-state index contributed by atoms with van der Waals surface area (Å²) in [6, 6.07) is 16.1. The minimum atomic E-state index is -0.0365. The number of anilines is 1. The second-order valence-electron chi connectivity index (χ2n) is 6.99. The van der Waals surface area contributed by atoms with Crippen LogP contribution in [0.4, 0.5) is 5.69 Å². The third-order valence-electron chi connectivity index (χ3n) is 4.43. The Morgan fingerprint density at radius 1 is 1.00 bits per heavy atom. The van der Waals surface area contributed by atoms with E-state index in [0.717, 1.165) is 38.9 Å². The lowest BCUT2D eigenvalue weighted by atomic mass is 10.1. The van der Waals surface area contributed by atoms with Crippen LogP contribution in [0.3, 0.4) is 0 Å². The third kappa shape index (κ3) is 3.98. The Bertz CT molecular complexity index is 1090. The standard InChI is InChI=1S/C22H21N3OS2/c1-13(2)22(26)23-16-10-8-15(9-11-16)21-14(3)27-20(25-21)12-19-24-17-6-4-5-7-18(17)28-19/h4-11,13H,12H2,1-3H3,(H,23,26). The Kier molecular flexibility index (Phi) is 5.24. The van der Waals surface area contributed by atoms with Crippen molar-refractivity contribution in [3.05, 3.63) is 63.4 Å². The summed E-state index contributed by atoms with van der Waals surface area (Å²) in [5, 5.41) is 5.09. The third-order valence-corrected chi connectivity index (χ3v) is 6.44. The topological polar surface area (TPSA) is 54.9 Å². The number of nitrogens with one attached hydrogen (secondary N) is 1. The molecule has 0 spiro atoms. The van der Waals surface area contributed by atoms with E-state index in [4.69, 9.17) is 9.97 Å². The van der Waals surface area contributed by atoms with Gasteiger partial charge in [-0.15, -0.1) is 22.7 Å². The highest BCUT2D eigenvalue weighted by Gasteiger charge is 2.13. The van der Waals surface area contributed by atoms with Gasteiger partial charge in [-0.3, -0.25) is 4.79 Å². The Labute approximate surface area is 172 Å². The molecule has 0 bridgehead atoms. The van der Waals surface area contributed by atoms with E-state index in [1.54, 1.807) is 22.7 Å². The van der Waals surface area contributed by atoms with Crippen LogP contribution in [-0.2, 0) is 11.2 Å². The molecule has 2 aromatic carbocycles. The molecule has 0 saturated carbocycles. The number of thiazole rings is 2. The van der Waals surface area contributed by atoms with Crippen LogP contribution < -0.4 is 5.32 Å². The molecule has 6 heteroatoms. The summed E-state index contributed by atoms with van der Waals surface area (Å²) in [6.45, 7) is 5.87. The normalized spacial score (nSPS) is 11.3. The fourth-order valence-electron chi connectivity index (χ4n) is 2.92. The molecule has 28 heavy (non-hydrogen) atoms. The van der Waals surface area contributed by atoms with Gasteiger partial charge in [0.05, 0.1) is 22.3 Å². The number of aromatic nitrogens is 2. The van der Waals surface area contributed by atoms with Crippen molar-refractivity contribution in [3.63, 3.8) is 0 Å². The lowest BCUT2D eigenvalue weighted by Gasteiger charge is -2.08. The maximum atomic E-state index is 11.8. The van der Waals surface area contributed by atoms with Crippen LogP contribution in [0, 0.1) is 12.8 Å². The van der Waals surface area contributed by atoms with Crippen molar-refractivity contribution >= 4 is 44.5 Å². The molecule has 4 rings (SSSR count). The number of para-hydroxylation sites is 1. The zero-order chi connectivity index (χ0) is 19.7. The molecule has 0 aliphatic heterocycles. The molecule has 4 nitrogen and oxygen atoms in total. The molecular weight excluding hydrogens is 386 g/mol. The molecule has 0 saturated heterocycles. The molecule has 0 aliphatic carbocycles. The Hall–Kier alpha value is -2.57. The number of aryl methyl sites for hydroxylation is 1. The zero-order valence-corrected chi connectivity index (χ0v) is 17.7. The maximum Gasteiger partial charge on any atom is 0.226 e. The number of hydrogen-bond donors (Lipinski definition) is 1. The molecule has 0 radical (unpaired) electrons. The average Bonchev–Trinajstić information content (AvgIpc) is 3.25. The Morgan fingerprint density at radius 2 is 1.71 bits per heavy atom. The van der Waals surface area contributed by atoms with E-state index in [1.165, 1.54) is 9.58 Å². The highest BCUT2D eigenvalue weighted by atomic mass is 32.1. The van der Waals surface area contributed by atoms with Gasteiger partial charge in [0.1, 0.15) is 10.0 Å². The van der Waals surface area contributed by atoms with E-state index in [2.05, 4.69) is 18.3 Å². The van der Waals surface area contributed by atoms with Crippen LogP contribution in [-0.4, -0.2) is 15.9 Å². The predicted octanol–water partition coefficient (Wildman–Crippen LogP) is 5.91. The minimum Gasteiger partial charge on any atom is -0.326 e. The van der Waals surface area contributed by atoms with Crippen LogP contribution in [0.5, 0.6) is 0 Å². The number of carbonyl (C=O) groups is 1. The van der Waals surface area contributed by atoms with E-state index in [0.29, 0.717) is 0 Å². The number of rotatable bonds is 5. The first kappa shape index (κ1) is 18.8. The Balaban J connectivity index is 1.53. The summed E-state index contributed by atoms with van der Waals surface area (Å²) in [5.74, 6) is -0.0127. The average molecular weight is 408 g/mol. The number of carbonyl (C=O) groups excluding carboxylic acids is 1. The zero-order valence-electron chi connectivity index (χ0n) is 16.0. The highest BCUT2D eigenvalue weighted by Crippen LogP contribution is 2.31. The number of fused-ring (bicyclic) bond motifs is 1. The molecule has 0 fully saturated rings. The Morgan fingerprint density at radius 3 is 2.43 bits per heavy atom. The summed E-state index contributed by atoms with van der Waals surface area (Å²) < 4.78 is 1.21. The fourth-order valence-corrected chi connectivity index (χ4v) is 4.94. The molecule has 142 valence electrons. The van der Waals surface area contributed by atoms with Crippen molar-refractivity contribution in [2.24, 2.45) is 5.92 Å². The van der Waals surface area contributed by atoms with Crippen LogP contribution in [0.1, 0.15) is 28.7 Å². The van der Waals surface area contributed by atoms with E-state index in [-0.39, 0.29) is 11.8 Å². The molecule has 2 aromatic heterocycles. The van der Waals surface area contributed by atoms with Gasteiger partial charge in [0.2, 0.25) is 5.91 Å². The van der Waals surface area contributed by atoms with Crippen LogP contribution in [0.2, 0.25) is 0 Å². The predicted molar refractivity (Wildman–Crippen MR) is 118 cm³/mol. The van der Waals surface area contributed by atoms with Gasteiger partial charge in [-0.2, -0.15) is 0 Å². The van der Waals surface area contributed by atoms with Gasteiger partial charge < -0.3 is 5.32 Å². The molecule has 0 aliphatic rings. The molecule has 2 heterocycles. The van der Waals surface area contributed by atoms with Crippen molar-refractivity contribution in [2.75, 3.05) is 5.32 Å². The van der Waals surface area contributed by atoms with E-state index in [1.807, 2.05) is 56.3 Å². The van der Waals surface area contributed by atoms with Crippen molar-refractivity contribution in [2.45, 2.75) is 27.2 Å². The van der Waals surface area contributed by atoms with Crippen LogP contribution in [0.25, 0.3) is 21.5 Å². The van der Waals surface area contributed by atoms with Crippen molar-refractivity contribution in [1.82, 2.24) is 9.97 Å². The largest absolute Gasteiger partial charge is 0.326 e. The van der Waals surface area contributed by atoms with E-state index >= 15 is 0 Å². The first-order valence-corrected chi connectivity index (χ1v) is 10.8. The number of amides is 1. The highest BCUT2D eigenvalue weighted by molar-refractivity contribution is 7.18. The quantitative estimate of drug-likeness (QED) is 0.447. The SMILES string of the molecule is Cc1sc(Cc2nc3ccccc3s2)nc1-c1ccc(NC(=O)C(C)C)cc1. The first-order valence-electron chi connectivity index (χ1n) is 9.21. The molecular formula is C22H21N3OS2. The van der Waals surface area contributed by atoms with Gasteiger partial charge in [-0.05, 0) is 31.2 Å². The van der Waals surface area contributed by atoms with Crippen molar-refractivity contribution in [1.29, 1.82) is 0 Å². The monoisotopic (exact) mass is 407 g/mol. The molecule has 0 atom stereocenters.